The fourth-order valence-corrected chi connectivity index (χ4v) is 1.70. The van der Waals surface area contributed by atoms with Crippen LogP contribution < -0.4 is 5.73 Å². The number of hydrogen-bond donors (Lipinski definition) is 1. The van der Waals surface area contributed by atoms with Gasteiger partial charge in [-0.1, -0.05) is 6.92 Å². The second-order valence-electron chi connectivity index (χ2n) is 3.41. The Balaban J connectivity index is 2.79. The Kier molecular flexibility index (Phi) is 2.17. The first kappa shape index (κ1) is 8.51. The Hall–Kier alpha value is -0.590. The molecule has 1 heterocycles. The largest absolute Gasteiger partial charge is 0.315 e. The van der Waals surface area contributed by atoms with Gasteiger partial charge < -0.3 is 5.73 Å². The standard InChI is InChI=1S/C8H15N3/c1-5-6(2)11(3)8(10)7(5)4-9/h5-8H,10H2,1-3H3. The van der Waals surface area contributed by atoms with E-state index in [-0.39, 0.29) is 12.1 Å². The van der Waals surface area contributed by atoms with Crippen LogP contribution in [0, 0.1) is 23.2 Å². The summed E-state index contributed by atoms with van der Waals surface area (Å²) in [6.07, 6.45) is -0.0787. The van der Waals surface area contributed by atoms with Gasteiger partial charge in [0.05, 0.1) is 18.2 Å². The lowest BCUT2D eigenvalue weighted by atomic mass is 9.93. The van der Waals surface area contributed by atoms with Crippen molar-refractivity contribution in [2.75, 3.05) is 7.05 Å². The zero-order chi connectivity index (χ0) is 8.59. The van der Waals surface area contributed by atoms with E-state index in [0.717, 1.165) is 0 Å². The molecule has 1 saturated heterocycles. The highest BCUT2D eigenvalue weighted by Crippen LogP contribution is 2.30. The fourth-order valence-electron chi connectivity index (χ4n) is 1.70. The van der Waals surface area contributed by atoms with Gasteiger partial charge >= 0.3 is 0 Å². The number of rotatable bonds is 0. The fraction of sp³-hybridized carbons (Fsp3) is 0.875. The van der Waals surface area contributed by atoms with Crippen LogP contribution in [0.4, 0.5) is 0 Å². The van der Waals surface area contributed by atoms with Crippen LogP contribution in [-0.2, 0) is 0 Å². The lowest BCUT2D eigenvalue weighted by Crippen LogP contribution is -2.39. The molecule has 0 spiro atoms. The summed E-state index contributed by atoms with van der Waals surface area (Å²) < 4.78 is 0. The van der Waals surface area contributed by atoms with E-state index in [4.69, 9.17) is 11.0 Å². The highest BCUT2D eigenvalue weighted by Gasteiger charge is 2.40. The molecule has 1 aliphatic heterocycles. The second-order valence-corrected chi connectivity index (χ2v) is 3.41. The van der Waals surface area contributed by atoms with Crippen molar-refractivity contribution in [2.24, 2.45) is 17.6 Å². The molecule has 1 fully saturated rings. The average Bonchev–Trinajstić information content (AvgIpc) is 2.17. The predicted octanol–water partition coefficient (Wildman–Crippen LogP) is 0.381. The van der Waals surface area contributed by atoms with E-state index < -0.39 is 0 Å². The topological polar surface area (TPSA) is 53.1 Å². The number of nitrogens with zero attached hydrogens (tertiary/aromatic N) is 2. The van der Waals surface area contributed by atoms with Crippen molar-refractivity contribution in [3.05, 3.63) is 0 Å². The molecule has 4 atom stereocenters. The molecule has 4 unspecified atom stereocenters. The number of hydrogen-bond acceptors (Lipinski definition) is 3. The minimum Gasteiger partial charge on any atom is -0.315 e. The van der Waals surface area contributed by atoms with E-state index in [1.54, 1.807) is 0 Å². The van der Waals surface area contributed by atoms with E-state index in [1.807, 2.05) is 7.05 Å². The third-order valence-corrected chi connectivity index (χ3v) is 2.96. The number of nitriles is 1. The summed E-state index contributed by atoms with van der Waals surface area (Å²) in [6.45, 7) is 4.20. The van der Waals surface area contributed by atoms with Crippen LogP contribution in [0.3, 0.4) is 0 Å². The van der Waals surface area contributed by atoms with Crippen LogP contribution in [-0.4, -0.2) is 24.2 Å². The van der Waals surface area contributed by atoms with Gasteiger partial charge in [-0.2, -0.15) is 5.26 Å². The van der Waals surface area contributed by atoms with Crippen molar-refractivity contribution < 1.29 is 0 Å². The van der Waals surface area contributed by atoms with E-state index in [1.165, 1.54) is 0 Å². The maximum Gasteiger partial charge on any atom is 0.0788 e. The van der Waals surface area contributed by atoms with Gasteiger partial charge in [0.25, 0.3) is 0 Å². The minimum absolute atomic E-state index is 0.00463. The van der Waals surface area contributed by atoms with Gasteiger partial charge in [0.15, 0.2) is 0 Å². The molecule has 11 heavy (non-hydrogen) atoms. The van der Waals surface area contributed by atoms with Crippen LogP contribution in [0.25, 0.3) is 0 Å². The van der Waals surface area contributed by atoms with Gasteiger partial charge in [0, 0.05) is 6.04 Å². The molecule has 0 aliphatic carbocycles. The summed E-state index contributed by atoms with van der Waals surface area (Å²) in [5, 5.41) is 8.79. The first-order valence-corrected chi connectivity index (χ1v) is 3.96. The molecule has 0 aromatic rings. The smallest absolute Gasteiger partial charge is 0.0788 e. The monoisotopic (exact) mass is 153 g/mol. The average molecular weight is 153 g/mol. The van der Waals surface area contributed by atoms with Gasteiger partial charge in [-0.3, -0.25) is 4.90 Å². The van der Waals surface area contributed by atoms with Gasteiger partial charge in [-0.05, 0) is 19.9 Å². The molecule has 1 aliphatic rings. The van der Waals surface area contributed by atoms with Gasteiger partial charge in [0.1, 0.15) is 0 Å². The molecule has 1 rings (SSSR count). The summed E-state index contributed by atoms with van der Waals surface area (Å²) >= 11 is 0. The Morgan fingerprint density at radius 1 is 1.45 bits per heavy atom. The molecule has 0 aromatic carbocycles. The van der Waals surface area contributed by atoms with E-state index in [2.05, 4.69) is 24.8 Å². The van der Waals surface area contributed by atoms with E-state index >= 15 is 0 Å². The summed E-state index contributed by atoms with van der Waals surface area (Å²) in [5.41, 5.74) is 5.82. The Morgan fingerprint density at radius 2 is 2.00 bits per heavy atom. The van der Waals surface area contributed by atoms with Crippen molar-refractivity contribution in [3.63, 3.8) is 0 Å². The maximum absolute atomic E-state index is 8.79. The third-order valence-electron chi connectivity index (χ3n) is 2.96. The van der Waals surface area contributed by atoms with Gasteiger partial charge in [-0.15, -0.1) is 0 Å². The van der Waals surface area contributed by atoms with Crippen LogP contribution in [0.5, 0.6) is 0 Å². The highest BCUT2D eigenvalue weighted by molar-refractivity contribution is 5.02. The Labute approximate surface area is 67.8 Å². The predicted molar refractivity (Wildman–Crippen MR) is 43.5 cm³/mol. The van der Waals surface area contributed by atoms with Crippen LogP contribution in [0.2, 0.25) is 0 Å². The normalized spacial score (nSPS) is 45.7. The molecule has 0 amide bonds. The lowest BCUT2D eigenvalue weighted by molar-refractivity contribution is 0.242. The van der Waals surface area contributed by atoms with Gasteiger partial charge in [0.2, 0.25) is 0 Å². The van der Waals surface area contributed by atoms with Crippen LogP contribution >= 0.6 is 0 Å². The Bertz CT molecular complexity index is 170. The van der Waals surface area contributed by atoms with Crippen molar-refractivity contribution in [2.45, 2.75) is 26.1 Å². The molecule has 3 nitrogen and oxygen atoms in total. The van der Waals surface area contributed by atoms with Crippen molar-refractivity contribution in [1.29, 1.82) is 5.26 Å². The molecule has 2 N–H and O–H groups in total. The summed E-state index contributed by atoms with van der Waals surface area (Å²) in [7, 11) is 1.98. The van der Waals surface area contributed by atoms with Crippen molar-refractivity contribution >= 4 is 0 Å². The molecule has 3 heteroatoms. The minimum atomic E-state index is -0.0787. The zero-order valence-electron chi connectivity index (χ0n) is 7.28. The zero-order valence-corrected chi connectivity index (χ0v) is 7.28. The Morgan fingerprint density at radius 3 is 2.18 bits per heavy atom. The maximum atomic E-state index is 8.79. The summed E-state index contributed by atoms with van der Waals surface area (Å²) in [4.78, 5) is 2.07. The van der Waals surface area contributed by atoms with Gasteiger partial charge in [-0.25, -0.2) is 0 Å². The molecule has 0 radical (unpaired) electrons. The van der Waals surface area contributed by atoms with E-state index in [9.17, 15) is 0 Å². The van der Waals surface area contributed by atoms with Crippen LogP contribution in [0.1, 0.15) is 13.8 Å². The SMILES string of the molecule is CC1C(C#N)C(N)N(C)C1C. The number of nitrogens with two attached hydrogens (primary N) is 1. The molecule has 62 valence electrons. The van der Waals surface area contributed by atoms with Crippen LogP contribution in [0.15, 0.2) is 0 Å². The molecular weight excluding hydrogens is 138 g/mol. The number of likely N-dealkylation sites (tertiary alicyclic amines) is 1. The molecular formula is C8H15N3. The first-order valence-electron chi connectivity index (χ1n) is 3.96. The molecule has 0 saturated carbocycles. The first-order chi connectivity index (χ1) is 5.09. The van der Waals surface area contributed by atoms with Crippen molar-refractivity contribution in [3.8, 4) is 6.07 Å². The van der Waals surface area contributed by atoms with Crippen molar-refractivity contribution in [1.82, 2.24) is 4.90 Å². The third kappa shape index (κ3) is 1.13. The molecule has 0 aromatic heterocycles. The lowest BCUT2D eigenvalue weighted by Gasteiger charge is -2.20. The molecule has 0 bridgehead atoms. The summed E-state index contributed by atoms with van der Waals surface area (Å²) in [5.74, 6) is 0.384. The second kappa shape index (κ2) is 2.80. The van der Waals surface area contributed by atoms with E-state index in [0.29, 0.717) is 12.0 Å². The summed E-state index contributed by atoms with van der Waals surface area (Å²) in [6, 6.07) is 2.68. The quantitative estimate of drug-likeness (QED) is 0.547. The highest BCUT2D eigenvalue weighted by atomic mass is 15.3.